The van der Waals surface area contributed by atoms with Gasteiger partial charge >= 0.3 is 5.97 Å². The molecule has 0 fully saturated rings. The third-order valence-electron chi connectivity index (χ3n) is 5.20. The fourth-order valence-electron chi connectivity index (χ4n) is 3.15. The molecule has 0 heterocycles. The molecule has 0 aliphatic heterocycles. The van der Waals surface area contributed by atoms with Crippen LogP contribution >= 0.6 is 7.82 Å². The average Bonchev–Trinajstić information content (AvgIpc) is 2.82. The number of phosphoric acid groups is 1. The molecule has 0 aliphatic rings. The lowest BCUT2D eigenvalue weighted by molar-refractivity contribution is -0.230. The van der Waals surface area contributed by atoms with E-state index >= 15 is 0 Å². The van der Waals surface area contributed by atoms with Crippen molar-refractivity contribution >= 4 is 13.8 Å². The molecular formula is C24H46O9P-. The Morgan fingerprint density at radius 1 is 0.853 bits per heavy atom. The van der Waals surface area contributed by atoms with Crippen LogP contribution in [-0.4, -0.2) is 59.9 Å². The number of carbonyl (C=O) groups excluding carboxylic acids is 1. The first kappa shape index (κ1) is 33.2. The molecule has 0 aromatic heterocycles. The highest BCUT2D eigenvalue weighted by Gasteiger charge is 2.19. The lowest BCUT2D eigenvalue weighted by Crippen LogP contribution is -2.28. The van der Waals surface area contributed by atoms with Crippen molar-refractivity contribution in [3.8, 4) is 0 Å². The Morgan fingerprint density at radius 3 is 1.94 bits per heavy atom. The summed E-state index contributed by atoms with van der Waals surface area (Å²) in [5.74, 6) is -0.530. The van der Waals surface area contributed by atoms with Gasteiger partial charge in [0.25, 0.3) is 7.82 Å². The fraction of sp³-hybridized carbons (Fsp3) is 0.875. The van der Waals surface area contributed by atoms with Crippen LogP contribution in [0.3, 0.4) is 0 Å². The SMILES string of the molecule is CCCCCCCC/C=C\CCCCCCCC(=O)O[C@H](CO)COP(=O)([O-])OC[C@H](O)CO. The summed E-state index contributed by atoms with van der Waals surface area (Å²) in [6.07, 6.45) is 17.2. The van der Waals surface area contributed by atoms with Gasteiger partial charge in [-0.2, -0.15) is 0 Å². The molecule has 10 heteroatoms. The molecule has 0 rings (SSSR count). The van der Waals surface area contributed by atoms with E-state index in [9.17, 15) is 19.4 Å². The van der Waals surface area contributed by atoms with E-state index in [-0.39, 0.29) is 6.42 Å². The van der Waals surface area contributed by atoms with Crippen molar-refractivity contribution in [1.29, 1.82) is 0 Å². The minimum absolute atomic E-state index is 0.183. The largest absolute Gasteiger partial charge is 0.756 e. The number of ether oxygens (including phenoxy) is 1. The first-order valence-corrected chi connectivity index (χ1v) is 14.1. The second kappa shape index (κ2) is 22.7. The van der Waals surface area contributed by atoms with Gasteiger partial charge in [-0.05, 0) is 32.1 Å². The molecule has 0 bridgehead atoms. The zero-order valence-electron chi connectivity index (χ0n) is 20.8. The van der Waals surface area contributed by atoms with Gasteiger partial charge in [0, 0.05) is 6.42 Å². The van der Waals surface area contributed by atoms with Crippen molar-refractivity contribution in [3.05, 3.63) is 12.2 Å². The van der Waals surface area contributed by atoms with E-state index in [2.05, 4.69) is 28.1 Å². The highest BCUT2D eigenvalue weighted by molar-refractivity contribution is 7.45. The highest BCUT2D eigenvalue weighted by Crippen LogP contribution is 2.38. The zero-order valence-corrected chi connectivity index (χ0v) is 21.7. The number of allylic oxidation sites excluding steroid dienone is 2. The Morgan fingerprint density at radius 2 is 1.38 bits per heavy atom. The summed E-state index contributed by atoms with van der Waals surface area (Å²) in [5.41, 5.74) is 0. The highest BCUT2D eigenvalue weighted by atomic mass is 31.2. The number of hydrogen-bond donors (Lipinski definition) is 3. The molecule has 9 nitrogen and oxygen atoms in total. The number of carbonyl (C=O) groups is 1. The maximum absolute atomic E-state index is 11.9. The zero-order chi connectivity index (χ0) is 25.5. The smallest absolute Gasteiger partial charge is 0.306 e. The lowest BCUT2D eigenvalue weighted by atomic mass is 10.1. The van der Waals surface area contributed by atoms with Crippen LogP contribution in [0.25, 0.3) is 0 Å². The predicted octanol–water partition coefficient (Wildman–Crippen LogP) is 3.78. The first-order valence-electron chi connectivity index (χ1n) is 12.7. The van der Waals surface area contributed by atoms with Crippen molar-refractivity contribution in [2.24, 2.45) is 0 Å². The van der Waals surface area contributed by atoms with Gasteiger partial charge in [0.1, 0.15) is 12.2 Å². The van der Waals surface area contributed by atoms with Gasteiger partial charge in [-0.1, -0.05) is 70.4 Å². The standard InChI is InChI=1S/C24H47O9P/c1-2-3-4-5-6-7-8-9-10-11-12-13-14-15-16-17-24(28)33-23(19-26)21-32-34(29,30)31-20-22(27)18-25/h9-10,22-23,25-27H,2-8,11-21H2,1H3,(H,29,30)/p-1/b10-9-/t22-,23-/m1/s1. The molecule has 0 aliphatic carbocycles. The summed E-state index contributed by atoms with van der Waals surface area (Å²) in [7, 11) is -4.75. The summed E-state index contributed by atoms with van der Waals surface area (Å²) in [6.45, 7) is -0.276. The average molecular weight is 510 g/mol. The topological polar surface area (TPSA) is 146 Å². The van der Waals surface area contributed by atoms with Gasteiger partial charge < -0.3 is 34.0 Å². The molecular weight excluding hydrogens is 463 g/mol. The van der Waals surface area contributed by atoms with Crippen LogP contribution in [0, 0.1) is 0 Å². The second-order valence-corrected chi connectivity index (χ2v) is 9.91. The second-order valence-electron chi connectivity index (χ2n) is 8.50. The quantitative estimate of drug-likeness (QED) is 0.0765. The predicted molar refractivity (Wildman–Crippen MR) is 129 cm³/mol. The number of unbranched alkanes of at least 4 members (excludes halogenated alkanes) is 11. The van der Waals surface area contributed by atoms with Crippen molar-refractivity contribution in [2.75, 3.05) is 26.4 Å². The third-order valence-corrected chi connectivity index (χ3v) is 6.13. The molecule has 1 unspecified atom stereocenters. The van der Waals surface area contributed by atoms with Gasteiger partial charge in [0.15, 0.2) is 0 Å². The monoisotopic (exact) mass is 509 g/mol. The van der Waals surface area contributed by atoms with Crippen LogP contribution in [-0.2, 0) is 23.1 Å². The molecule has 3 atom stereocenters. The first-order chi connectivity index (χ1) is 16.3. The molecule has 3 N–H and O–H groups in total. The van der Waals surface area contributed by atoms with E-state index in [4.69, 9.17) is 14.9 Å². The van der Waals surface area contributed by atoms with Crippen LogP contribution in [0.15, 0.2) is 12.2 Å². The lowest BCUT2D eigenvalue weighted by Gasteiger charge is -2.25. The van der Waals surface area contributed by atoms with Crippen LogP contribution in [0.4, 0.5) is 0 Å². The number of rotatable bonds is 24. The molecule has 0 spiro atoms. The van der Waals surface area contributed by atoms with E-state index in [0.717, 1.165) is 32.1 Å². The Balaban J connectivity index is 3.72. The van der Waals surface area contributed by atoms with E-state index < -0.39 is 52.4 Å². The van der Waals surface area contributed by atoms with Gasteiger partial charge in [0.2, 0.25) is 0 Å². The Labute approximate surface area is 205 Å². The number of phosphoric ester groups is 1. The number of esters is 1. The third kappa shape index (κ3) is 21.7. The summed E-state index contributed by atoms with van der Waals surface area (Å²) >= 11 is 0. The van der Waals surface area contributed by atoms with Crippen molar-refractivity contribution in [3.63, 3.8) is 0 Å². The van der Waals surface area contributed by atoms with Crippen LogP contribution in [0.2, 0.25) is 0 Å². The normalized spacial score (nSPS) is 15.3. The molecule has 0 radical (unpaired) electrons. The van der Waals surface area contributed by atoms with Crippen LogP contribution < -0.4 is 4.89 Å². The Kier molecular flexibility index (Phi) is 22.1. The molecule has 0 saturated heterocycles. The maximum Gasteiger partial charge on any atom is 0.306 e. The fourth-order valence-corrected chi connectivity index (χ4v) is 3.93. The van der Waals surface area contributed by atoms with Crippen molar-refractivity contribution in [1.82, 2.24) is 0 Å². The van der Waals surface area contributed by atoms with E-state index in [1.165, 1.54) is 44.9 Å². The van der Waals surface area contributed by atoms with Gasteiger partial charge in [-0.25, -0.2) is 0 Å². The molecule has 202 valence electrons. The molecule has 0 aromatic carbocycles. The minimum Gasteiger partial charge on any atom is -0.756 e. The van der Waals surface area contributed by atoms with Crippen molar-refractivity contribution < 1.29 is 43.4 Å². The van der Waals surface area contributed by atoms with Gasteiger partial charge in [-0.3, -0.25) is 9.36 Å². The molecule has 0 saturated carbocycles. The number of hydrogen-bond acceptors (Lipinski definition) is 9. The summed E-state index contributed by atoms with van der Waals surface area (Å²) in [5, 5.41) is 27.0. The van der Waals surface area contributed by atoms with E-state index in [1.807, 2.05) is 0 Å². The Hall–Kier alpha value is -0.800. The van der Waals surface area contributed by atoms with Crippen LogP contribution in [0.5, 0.6) is 0 Å². The molecule has 0 amide bonds. The van der Waals surface area contributed by atoms with E-state index in [0.29, 0.717) is 6.42 Å². The number of aliphatic hydroxyl groups excluding tert-OH is 3. The van der Waals surface area contributed by atoms with E-state index in [1.54, 1.807) is 0 Å². The maximum atomic E-state index is 11.9. The van der Waals surface area contributed by atoms with Gasteiger partial charge in [0.05, 0.1) is 26.4 Å². The summed E-state index contributed by atoms with van der Waals surface area (Å²) in [4.78, 5) is 23.4. The Bertz CT molecular complexity index is 557. The summed E-state index contributed by atoms with van der Waals surface area (Å²) in [6, 6.07) is 0. The molecule has 0 aromatic rings. The minimum atomic E-state index is -4.75. The van der Waals surface area contributed by atoms with Gasteiger partial charge in [-0.15, -0.1) is 0 Å². The molecule has 34 heavy (non-hydrogen) atoms. The number of aliphatic hydroxyl groups is 3. The van der Waals surface area contributed by atoms with Crippen molar-refractivity contribution in [2.45, 2.75) is 109 Å². The van der Waals surface area contributed by atoms with Crippen LogP contribution in [0.1, 0.15) is 96.8 Å². The summed E-state index contributed by atoms with van der Waals surface area (Å²) < 4.78 is 25.5.